The van der Waals surface area contributed by atoms with Gasteiger partial charge in [0.25, 0.3) is 0 Å². The first-order valence-corrected chi connectivity index (χ1v) is 11.5. The molecular formula is C31H18IrN6-2. The Kier molecular flexibility index (Phi) is 8.22. The Labute approximate surface area is 234 Å². The number of hydrogen-bond acceptors (Lipinski definition) is 4. The summed E-state index contributed by atoms with van der Waals surface area (Å²) in [6.07, 6.45) is 6.62. The van der Waals surface area contributed by atoms with Gasteiger partial charge in [0.2, 0.25) is 0 Å². The number of nitrogens with zero attached hydrogens (tertiary/aromatic N) is 6. The molecule has 0 atom stereocenters. The van der Waals surface area contributed by atoms with E-state index < -0.39 is 0 Å². The Morgan fingerprint density at radius 1 is 0.974 bits per heavy atom. The molecule has 7 heteroatoms. The zero-order chi connectivity index (χ0) is 25.6. The topological polar surface area (TPSA) is 82.7 Å². The summed E-state index contributed by atoms with van der Waals surface area (Å²) in [5.41, 5.74) is 5.76. The molecular weight excluding hydrogens is 649 g/mol. The number of pyridine rings is 1. The molecule has 38 heavy (non-hydrogen) atoms. The molecule has 3 aromatic carbocycles. The van der Waals surface area contributed by atoms with Crippen molar-refractivity contribution in [3.8, 4) is 45.9 Å². The SMILES string of the molecule is [C-]#[N+]c1cc(-c2ncccc2-c2ccccc2)[c-]c(C#N)c1C#N.[Ir].[c-]1cccc2c1-c1nccn1CC2. The number of aromatic nitrogens is 3. The molecule has 6 rings (SSSR count). The average molecular weight is 667 g/mol. The number of imidazole rings is 1. The fourth-order valence-corrected chi connectivity index (χ4v) is 4.30. The molecule has 1 aliphatic heterocycles. The predicted octanol–water partition coefficient (Wildman–Crippen LogP) is 6.41. The molecule has 2 aromatic heterocycles. The van der Waals surface area contributed by atoms with Gasteiger partial charge in [0, 0.05) is 62.6 Å². The van der Waals surface area contributed by atoms with E-state index in [4.69, 9.17) is 6.57 Å². The summed E-state index contributed by atoms with van der Waals surface area (Å²) in [7, 11) is 0. The summed E-state index contributed by atoms with van der Waals surface area (Å²) >= 11 is 0. The molecule has 0 aliphatic carbocycles. The van der Waals surface area contributed by atoms with Crippen LogP contribution in [0.15, 0.2) is 85.3 Å². The molecule has 0 bridgehead atoms. The molecule has 0 saturated carbocycles. The van der Waals surface area contributed by atoms with E-state index in [9.17, 15) is 10.5 Å². The molecule has 1 radical (unpaired) electrons. The number of nitriles is 2. The number of benzene rings is 3. The van der Waals surface area contributed by atoms with Gasteiger partial charge in [-0.25, -0.2) is 10.5 Å². The van der Waals surface area contributed by atoms with Crippen molar-refractivity contribution in [1.29, 1.82) is 10.5 Å². The maximum Gasteiger partial charge on any atom is 0.142 e. The maximum atomic E-state index is 9.27. The Morgan fingerprint density at radius 2 is 1.82 bits per heavy atom. The van der Waals surface area contributed by atoms with Gasteiger partial charge in [-0.05, 0) is 35.2 Å². The molecule has 5 aromatic rings. The molecule has 0 N–H and O–H groups in total. The van der Waals surface area contributed by atoms with Gasteiger partial charge in [0.05, 0.1) is 12.4 Å². The van der Waals surface area contributed by atoms with E-state index >= 15 is 0 Å². The Hall–Kier alpha value is -4.86. The minimum Gasteiger partial charge on any atom is -0.371 e. The summed E-state index contributed by atoms with van der Waals surface area (Å²) in [5.74, 6) is 1.06. The summed E-state index contributed by atoms with van der Waals surface area (Å²) in [6.45, 7) is 8.31. The van der Waals surface area contributed by atoms with E-state index in [0.29, 0.717) is 11.3 Å². The van der Waals surface area contributed by atoms with E-state index in [1.165, 1.54) is 11.1 Å². The van der Waals surface area contributed by atoms with Crippen molar-refractivity contribution in [2.24, 2.45) is 0 Å². The first-order chi connectivity index (χ1) is 18.2. The van der Waals surface area contributed by atoms with E-state index in [-0.39, 0.29) is 36.9 Å². The van der Waals surface area contributed by atoms with Crippen LogP contribution in [-0.2, 0) is 33.1 Å². The van der Waals surface area contributed by atoms with Crippen LogP contribution < -0.4 is 0 Å². The molecule has 0 spiro atoms. The second-order valence-electron chi connectivity index (χ2n) is 8.18. The second kappa shape index (κ2) is 11.9. The molecule has 6 nitrogen and oxygen atoms in total. The second-order valence-corrected chi connectivity index (χ2v) is 8.18. The third-order valence-corrected chi connectivity index (χ3v) is 6.04. The fraction of sp³-hybridized carbons (Fsp3) is 0.0645. The van der Waals surface area contributed by atoms with Crippen LogP contribution in [0.4, 0.5) is 5.69 Å². The number of rotatable bonds is 2. The Morgan fingerprint density at radius 3 is 2.58 bits per heavy atom. The first kappa shape index (κ1) is 26.2. The zero-order valence-corrected chi connectivity index (χ0v) is 22.4. The minimum absolute atomic E-state index is 0. The number of aryl methyl sites for hydroxylation is 2. The Balaban J connectivity index is 0.000000201. The van der Waals surface area contributed by atoms with Gasteiger partial charge in [0.15, 0.2) is 0 Å². The van der Waals surface area contributed by atoms with Gasteiger partial charge in [-0.1, -0.05) is 36.4 Å². The monoisotopic (exact) mass is 667 g/mol. The smallest absolute Gasteiger partial charge is 0.142 e. The molecule has 3 heterocycles. The van der Waals surface area contributed by atoms with Crippen molar-refractivity contribution in [1.82, 2.24) is 14.5 Å². The molecule has 183 valence electrons. The van der Waals surface area contributed by atoms with Crippen LogP contribution in [0, 0.1) is 41.4 Å². The third-order valence-electron chi connectivity index (χ3n) is 6.04. The quantitative estimate of drug-likeness (QED) is 0.204. The van der Waals surface area contributed by atoms with Crippen LogP contribution >= 0.6 is 0 Å². The molecule has 0 fully saturated rings. The van der Waals surface area contributed by atoms with Crippen LogP contribution in [0.5, 0.6) is 0 Å². The van der Waals surface area contributed by atoms with Crippen molar-refractivity contribution in [3.05, 3.63) is 126 Å². The standard InChI is InChI=1S/C20H9N4.C11H9N2.Ir/c1-23-19-11-15(10-16(12-21)18(19)13-22)20-17(8-5-9-24-20)14-6-3-2-4-7-14;1-2-4-10-9(3-1)5-7-13-8-6-12-11(10)13;/h2-9,11H;1-3,6,8H,5,7H2;/q2*-1;. The van der Waals surface area contributed by atoms with Gasteiger partial charge in [-0.15, -0.1) is 53.1 Å². The van der Waals surface area contributed by atoms with E-state index in [0.717, 1.165) is 29.9 Å². The summed E-state index contributed by atoms with van der Waals surface area (Å²) in [6, 6.07) is 31.2. The average Bonchev–Trinajstić information content (AvgIpc) is 3.47. The van der Waals surface area contributed by atoms with Crippen LogP contribution in [0.3, 0.4) is 0 Å². The van der Waals surface area contributed by atoms with Crippen LogP contribution in [-0.4, -0.2) is 14.5 Å². The van der Waals surface area contributed by atoms with Crippen LogP contribution in [0.1, 0.15) is 16.7 Å². The van der Waals surface area contributed by atoms with Crippen molar-refractivity contribution in [2.75, 3.05) is 0 Å². The van der Waals surface area contributed by atoms with Crippen molar-refractivity contribution < 1.29 is 20.1 Å². The molecule has 1 aliphatic rings. The summed E-state index contributed by atoms with van der Waals surface area (Å²) in [4.78, 5) is 12.1. The number of hydrogen-bond donors (Lipinski definition) is 0. The van der Waals surface area contributed by atoms with Gasteiger partial charge < -0.3 is 4.57 Å². The van der Waals surface area contributed by atoms with Gasteiger partial charge in [0.1, 0.15) is 5.69 Å². The van der Waals surface area contributed by atoms with Crippen LogP contribution in [0.25, 0.3) is 38.6 Å². The normalized spacial score (nSPS) is 10.7. The Bertz CT molecular complexity index is 1680. The van der Waals surface area contributed by atoms with Gasteiger partial charge in [-0.3, -0.25) is 14.8 Å². The van der Waals surface area contributed by atoms with Crippen LogP contribution in [0.2, 0.25) is 0 Å². The maximum absolute atomic E-state index is 9.27. The van der Waals surface area contributed by atoms with Gasteiger partial charge >= 0.3 is 0 Å². The molecule has 0 unspecified atom stereocenters. The molecule has 0 saturated heterocycles. The first-order valence-electron chi connectivity index (χ1n) is 11.5. The zero-order valence-electron chi connectivity index (χ0n) is 20.0. The number of fused-ring (bicyclic) bond motifs is 3. The summed E-state index contributed by atoms with van der Waals surface area (Å²) in [5, 5.41) is 18.4. The minimum atomic E-state index is 0. The third kappa shape index (κ3) is 5.15. The fourth-order valence-electron chi connectivity index (χ4n) is 4.30. The largest absolute Gasteiger partial charge is 0.371 e. The van der Waals surface area contributed by atoms with E-state index in [2.05, 4.69) is 37.6 Å². The van der Waals surface area contributed by atoms with Crippen molar-refractivity contribution >= 4 is 5.69 Å². The van der Waals surface area contributed by atoms with Crippen molar-refractivity contribution in [2.45, 2.75) is 13.0 Å². The summed E-state index contributed by atoms with van der Waals surface area (Å²) < 4.78 is 2.18. The van der Waals surface area contributed by atoms with Crippen molar-refractivity contribution in [3.63, 3.8) is 0 Å². The van der Waals surface area contributed by atoms with Gasteiger partial charge in [-0.2, -0.15) is 0 Å². The molecule has 0 amide bonds. The predicted molar refractivity (Wildman–Crippen MR) is 140 cm³/mol. The van der Waals surface area contributed by atoms with E-state index in [1.807, 2.05) is 79.1 Å². The van der Waals surface area contributed by atoms with E-state index in [1.54, 1.807) is 12.3 Å².